The third-order valence-corrected chi connectivity index (χ3v) is 2.87. The molecule has 0 aliphatic carbocycles. The molecule has 3 nitrogen and oxygen atoms in total. The lowest BCUT2D eigenvalue weighted by Crippen LogP contribution is -2.00. The molecule has 20 heavy (non-hydrogen) atoms. The number of nitrogen functional groups attached to an aromatic ring is 1. The predicted octanol–water partition coefficient (Wildman–Crippen LogP) is 3.31. The average molecular weight is 274 g/mol. The molecule has 0 saturated heterocycles. The van der Waals surface area contributed by atoms with E-state index in [4.69, 9.17) is 15.7 Å². The minimum Gasteiger partial charge on any atom is -0.486 e. The summed E-state index contributed by atoms with van der Waals surface area (Å²) in [6.45, 7) is 1.78. The average Bonchev–Trinajstić information content (AvgIpc) is 2.43. The monoisotopic (exact) mass is 274 g/mol. The molecule has 2 N–H and O–H groups in total. The van der Waals surface area contributed by atoms with Crippen molar-refractivity contribution in [1.82, 2.24) is 0 Å². The highest BCUT2D eigenvalue weighted by Gasteiger charge is 2.08. The third-order valence-electron chi connectivity index (χ3n) is 2.87. The summed E-state index contributed by atoms with van der Waals surface area (Å²) >= 11 is 0. The molecule has 0 spiro atoms. The van der Waals surface area contributed by atoms with Crippen molar-refractivity contribution in [2.24, 2.45) is 0 Å². The number of nitrogens with zero attached hydrogens (tertiary/aromatic N) is 1. The minimum atomic E-state index is -0.592. The topological polar surface area (TPSA) is 59.0 Å². The van der Waals surface area contributed by atoms with Gasteiger partial charge in [0.1, 0.15) is 18.5 Å². The highest BCUT2D eigenvalue weighted by Crippen LogP contribution is 2.24. The number of aryl methyl sites for hydroxylation is 1. The van der Waals surface area contributed by atoms with Crippen LogP contribution in [-0.4, -0.2) is 0 Å². The van der Waals surface area contributed by atoms with Crippen LogP contribution in [0.25, 0.3) is 0 Å². The Labute approximate surface area is 115 Å². The second-order valence-electron chi connectivity index (χ2n) is 4.35. The molecule has 102 valence electrons. The molecule has 0 fully saturated rings. The Bertz CT molecular complexity index is 693. The fraction of sp³-hybridized carbons (Fsp3) is 0.133. The van der Waals surface area contributed by atoms with E-state index in [-0.39, 0.29) is 17.9 Å². The van der Waals surface area contributed by atoms with Crippen LogP contribution in [0.5, 0.6) is 5.75 Å². The summed E-state index contributed by atoms with van der Waals surface area (Å²) in [5, 5.41) is 8.73. The number of nitriles is 1. The number of benzene rings is 2. The maximum atomic E-state index is 13.6. The summed E-state index contributed by atoms with van der Waals surface area (Å²) in [6.07, 6.45) is 0. The molecule has 2 aromatic carbocycles. The molecule has 5 heteroatoms. The molecule has 0 aliphatic heterocycles. The molecule has 0 aromatic heterocycles. The van der Waals surface area contributed by atoms with Crippen molar-refractivity contribution < 1.29 is 13.5 Å². The number of rotatable bonds is 3. The molecule has 2 aromatic rings. The van der Waals surface area contributed by atoms with Crippen LogP contribution in [0, 0.1) is 29.9 Å². The minimum absolute atomic E-state index is 0.0369. The number of hydrogen-bond acceptors (Lipinski definition) is 3. The maximum Gasteiger partial charge on any atom is 0.167 e. The van der Waals surface area contributed by atoms with Gasteiger partial charge in [-0.2, -0.15) is 5.26 Å². The van der Waals surface area contributed by atoms with Gasteiger partial charge in [0.15, 0.2) is 11.6 Å². The van der Waals surface area contributed by atoms with E-state index >= 15 is 0 Å². The van der Waals surface area contributed by atoms with Crippen LogP contribution in [-0.2, 0) is 6.61 Å². The quantitative estimate of drug-likeness (QED) is 0.873. The van der Waals surface area contributed by atoms with Crippen LogP contribution in [0.15, 0.2) is 30.3 Å². The van der Waals surface area contributed by atoms with E-state index in [2.05, 4.69) is 0 Å². The summed E-state index contributed by atoms with van der Waals surface area (Å²) < 4.78 is 32.1. The summed E-state index contributed by atoms with van der Waals surface area (Å²) in [5.41, 5.74) is 7.15. The van der Waals surface area contributed by atoms with Gasteiger partial charge >= 0.3 is 0 Å². The first-order chi connectivity index (χ1) is 9.51. The first-order valence-electron chi connectivity index (χ1n) is 5.88. The standard InChI is InChI=1S/C15H12F2N2O/c1-9-4-15(13(17)6-14(9)19)20-8-10-2-3-12(16)11(5-10)7-18/h2-6H,8,19H2,1H3. The molecule has 0 amide bonds. The highest BCUT2D eigenvalue weighted by atomic mass is 19.1. The van der Waals surface area contributed by atoms with Crippen LogP contribution in [0.2, 0.25) is 0 Å². The summed E-state index contributed by atoms with van der Waals surface area (Å²) in [7, 11) is 0. The van der Waals surface area contributed by atoms with E-state index in [1.54, 1.807) is 13.0 Å². The van der Waals surface area contributed by atoms with Gasteiger partial charge in [-0.1, -0.05) is 6.07 Å². The Morgan fingerprint density at radius 1 is 1.20 bits per heavy atom. The zero-order valence-corrected chi connectivity index (χ0v) is 10.8. The van der Waals surface area contributed by atoms with E-state index in [1.165, 1.54) is 30.3 Å². The van der Waals surface area contributed by atoms with Crippen LogP contribution in [0.1, 0.15) is 16.7 Å². The first kappa shape index (κ1) is 13.8. The van der Waals surface area contributed by atoms with Gasteiger partial charge in [0, 0.05) is 11.8 Å². The number of ether oxygens (including phenoxy) is 1. The molecule has 0 bridgehead atoms. The molecule has 0 unspecified atom stereocenters. The van der Waals surface area contributed by atoms with Crippen molar-refractivity contribution >= 4 is 5.69 Å². The second kappa shape index (κ2) is 5.57. The molecule has 2 rings (SSSR count). The summed E-state index contributed by atoms with van der Waals surface area (Å²) in [5.74, 6) is -1.08. The van der Waals surface area contributed by atoms with E-state index < -0.39 is 11.6 Å². The number of halogens is 2. The van der Waals surface area contributed by atoms with Crippen molar-refractivity contribution in [2.45, 2.75) is 13.5 Å². The van der Waals surface area contributed by atoms with Gasteiger partial charge in [-0.15, -0.1) is 0 Å². The second-order valence-corrected chi connectivity index (χ2v) is 4.35. The zero-order chi connectivity index (χ0) is 14.7. The molecular formula is C15H12F2N2O. The fourth-order valence-corrected chi connectivity index (χ4v) is 1.69. The van der Waals surface area contributed by atoms with E-state index in [9.17, 15) is 8.78 Å². The van der Waals surface area contributed by atoms with Gasteiger partial charge in [0.2, 0.25) is 0 Å². The lowest BCUT2D eigenvalue weighted by Gasteiger charge is -2.10. The van der Waals surface area contributed by atoms with Crippen LogP contribution in [0.3, 0.4) is 0 Å². The van der Waals surface area contributed by atoms with Gasteiger partial charge in [-0.05, 0) is 36.2 Å². The summed E-state index contributed by atoms with van der Waals surface area (Å²) in [6, 6.07) is 8.47. The third kappa shape index (κ3) is 2.86. The van der Waals surface area contributed by atoms with Crippen molar-refractivity contribution in [3.8, 4) is 11.8 Å². The number of anilines is 1. The molecule has 0 saturated carbocycles. The Hall–Kier alpha value is -2.61. The molecule has 0 aliphatic rings. The maximum absolute atomic E-state index is 13.6. The van der Waals surface area contributed by atoms with Crippen molar-refractivity contribution in [3.05, 3.63) is 58.7 Å². The van der Waals surface area contributed by atoms with Gasteiger partial charge in [-0.3, -0.25) is 0 Å². The SMILES string of the molecule is Cc1cc(OCc2ccc(F)c(C#N)c2)c(F)cc1N. The Balaban J connectivity index is 2.17. The highest BCUT2D eigenvalue weighted by molar-refractivity contribution is 5.50. The van der Waals surface area contributed by atoms with Crippen LogP contribution >= 0.6 is 0 Å². The molecular weight excluding hydrogens is 262 g/mol. The van der Waals surface area contributed by atoms with Crippen LogP contribution < -0.4 is 10.5 Å². The Morgan fingerprint density at radius 2 is 1.95 bits per heavy atom. The van der Waals surface area contributed by atoms with Gasteiger partial charge in [0.05, 0.1) is 5.56 Å². The van der Waals surface area contributed by atoms with Gasteiger partial charge < -0.3 is 10.5 Å². The molecule has 0 radical (unpaired) electrons. The van der Waals surface area contributed by atoms with E-state index in [0.29, 0.717) is 16.8 Å². The van der Waals surface area contributed by atoms with Gasteiger partial charge in [-0.25, -0.2) is 8.78 Å². The van der Waals surface area contributed by atoms with E-state index in [0.717, 1.165) is 0 Å². The lowest BCUT2D eigenvalue weighted by atomic mass is 10.1. The molecule has 0 heterocycles. The smallest absolute Gasteiger partial charge is 0.167 e. The number of nitrogens with two attached hydrogens (primary N) is 1. The van der Waals surface area contributed by atoms with Crippen LogP contribution in [0.4, 0.5) is 14.5 Å². The molecule has 0 atom stereocenters. The fourth-order valence-electron chi connectivity index (χ4n) is 1.69. The predicted molar refractivity (Wildman–Crippen MR) is 71.0 cm³/mol. The number of hydrogen-bond donors (Lipinski definition) is 1. The normalized spacial score (nSPS) is 10.1. The van der Waals surface area contributed by atoms with Crippen molar-refractivity contribution in [2.75, 3.05) is 5.73 Å². The Kier molecular flexibility index (Phi) is 3.85. The Morgan fingerprint density at radius 3 is 2.65 bits per heavy atom. The summed E-state index contributed by atoms with van der Waals surface area (Å²) in [4.78, 5) is 0. The van der Waals surface area contributed by atoms with Crippen molar-refractivity contribution in [3.63, 3.8) is 0 Å². The van der Waals surface area contributed by atoms with Gasteiger partial charge in [0.25, 0.3) is 0 Å². The van der Waals surface area contributed by atoms with E-state index in [1.807, 2.05) is 0 Å². The zero-order valence-electron chi connectivity index (χ0n) is 10.8. The van der Waals surface area contributed by atoms with Crippen molar-refractivity contribution in [1.29, 1.82) is 5.26 Å². The lowest BCUT2D eigenvalue weighted by molar-refractivity contribution is 0.290. The first-order valence-corrected chi connectivity index (χ1v) is 5.88. The largest absolute Gasteiger partial charge is 0.486 e.